The summed E-state index contributed by atoms with van der Waals surface area (Å²) >= 11 is 0. The average Bonchev–Trinajstić information content (AvgIpc) is 2.61. The molecule has 0 bridgehead atoms. The van der Waals surface area contributed by atoms with E-state index in [1.165, 1.54) is 70.6 Å². The number of esters is 1. The molecule has 142 valence electrons. The van der Waals surface area contributed by atoms with Crippen molar-refractivity contribution in [2.24, 2.45) is 0 Å². The van der Waals surface area contributed by atoms with Crippen LogP contribution in [-0.2, 0) is 4.79 Å². The van der Waals surface area contributed by atoms with E-state index in [1.807, 2.05) is 12.1 Å². The molecule has 0 saturated heterocycles. The van der Waals surface area contributed by atoms with Gasteiger partial charge in [0.1, 0.15) is 0 Å². The lowest BCUT2D eigenvalue weighted by atomic mass is 10.0. The van der Waals surface area contributed by atoms with Crippen molar-refractivity contribution >= 4 is 11.7 Å². The Morgan fingerprint density at radius 2 is 1.28 bits per heavy atom. The number of nitrogen functional groups attached to an aromatic ring is 1. The maximum Gasteiger partial charge on any atom is 0.311 e. The first kappa shape index (κ1) is 21.5. The summed E-state index contributed by atoms with van der Waals surface area (Å²) in [6, 6.07) is 7.13. The molecule has 0 aromatic heterocycles. The van der Waals surface area contributed by atoms with Crippen molar-refractivity contribution in [2.75, 3.05) is 5.73 Å². The summed E-state index contributed by atoms with van der Waals surface area (Å²) < 4.78 is 5.29. The van der Waals surface area contributed by atoms with Crippen molar-refractivity contribution in [3.63, 3.8) is 0 Å². The SMILES string of the molecule is CCCCCCCCCCCCCCCC(=O)Oc1ccccc1N. The highest BCUT2D eigenvalue weighted by molar-refractivity contribution is 5.74. The van der Waals surface area contributed by atoms with E-state index in [4.69, 9.17) is 10.5 Å². The summed E-state index contributed by atoms with van der Waals surface area (Å²) in [6.07, 6.45) is 17.4. The quantitative estimate of drug-likeness (QED) is 0.167. The van der Waals surface area contributed by atoms with Crippen LogP contribution in [0.1, 0.15) is 96.8 Å². The lowest BCUT2D eigenvalue weighted by molar-refractivity contribution is -0.134. The van der Waals surface area contributed by atoms with Gasteiger partial charge in [-0.1, -0.05) is 96.1 Å². The predicted octanol–water partition coefficient (Wildman–Crippen LogP) is 6.66. The number of para-hydroxylation sites is 2. The van der Waals surface area contributed by atoms with Crippen LogP contribution in [0.5, 0.6) is 5.75 Å². The average molecular weight is 348 g/mol. The van der Waals surface area contributed by atoms with Gasteiger partial charge in [-0.3, -0.25) is 4.79 Å². The number of hydrogen-bond donors (Lipinski definition) is 1. The molecule has 0 amide bonds. The van der Waals surface area contributed by atoms with Crippen LogP contribution in [0.15, 0.2) is 24.3 Å². The molecule has 3 nitrogen and oxygen atoms in total. The molecule has 0 spiro atoms. The second kappa shape index (κ2) is 14.8. The zero-order valence-electron chi connectivity index (χ0n) is 16.1. The molecule has 0 atom stereocenters. The van der Waals surface area contributed by atoms with Gasteiger partial charge >= 0.3 is 5.97 Å². The van der Waals surface area contributed by atoms with Crippen molar-refractivity contribution in [3.05, 3.63) is 24.3 Å². The molecule has 1 aromatic rings. The van der Waals surface area contributed by atoms with E-state index < -0.39 is 0 Å². The van der Waals surface area contributed by atoms with E-state index >= 15 is 0 Å². The summed E-state index contributed by atoms with van der Waals surface area (Å²) in [5.41, 5.74) is 6.28. The van der Waals surface area contributed by atoms with Crippen molar-refractivity contribution in [3.8, 4) is 5.75 Å². The summed E-state index contributed by atoms with van der Waals surface area (Å²) in [5.74, 6) is 0.295. The highest BCUT2D eigenvalue weighted by Gasteiger charge is 2.06. The number of unbranched alkanes of at least 4 members (excludes halogenated alkanes) is 12. The molecule has 25 heavy (non-hydrogen) atoms. The second-order valence-corrected chi connectivity index (χ2v) is 7.00. The molecular weight excluding hydrogens is 310 g/mol. The Morgan fingerprint density at radius 1 is 0.800 bits per heavy atom. The minimum Gasteiger partial charge on any atom is -0.424 e. The third-order valence-electron chi connectivity index (χ3n) is 4.63. The fourth-order valence-corrected chi connectivity index (χ4v) is 3.03. The Balaban J connectivity index is 1.87. The Labute approximate surface area is 154 Å². The summed E-state index contributed by atoms with van der Waals surface area (Å²) in [5, 5.41) is 0. The number of rotatable bonds is 15. The molecule has 3 heteroatoms. The van der Waals surface area contributed by atoms with E-state index in [0.717, 1.165) is 12.8 Å². The van der Waals surface area contributed by atoms with E-state index in [9.17, 15) is 4.79 Å². The molecule has 0 unspecified atom stereocenters. The molecule has 0 radical (unpaired) electrons. The fourth-order valence-electron chi connectivity index (χ4n) is 3.03. The largest absolute Gasteiger partial charge is 0.424 e. The maximum absolute atomic E-state index is 11.8. The van der Waals surface area contributed by atoms with Crippen LogP contribution in [0.25, 0.3) is 0 Å². The van der Waals surface area contributed by atoms with Crippen molar-refractivity contribution < 1.29 is 9.53 Å². The van der Waals surface area contributed by atoms with Crippen LogP contribution >= 0.6 is 0 Å². The van der Waals surface area contributed by atoms with Crippen molar-refractivity contribution in [1.29, 1.82) is 0 Å². The number of hydrogen-bond acceptors (Lipinski definition) is 3. The monoisotopic (exact) mass is 347 g/mol. The van der Waals surface area contributed by atoms with Gasteiger partial charge in [0.05, 0.1) is 5.69 Å². The van der Waals surface area contributed by atoms with Crippen molar-refractivity contribution in [1.82, 2.24) is 0 Å². The highest BCUT2D eigenvalue weighted by Crippen LogP contribution is 2.20. The van der Waals surface area contributed by atoms with E-state index in [0.29, 0.717) is 17.9 Å². The van der Waals surface area contributed by atoms with E-state index in [2.05, 4.69) is 6.92 Å². The first-order valence-corrected chi connectivity index (χ1v) is 10.3. The highest BCUT2D eigenvalue weighted by atomic mass is 16.5. The standard InChI is InChI=1S/C22H37NO2/c1-2-3-4-5-6-7-8-9-10-11-12-13-14-19-22(24)25-21-18-16-15-17-20(21)23/h15-18H,2-14,19,23H2,1H3. The number of ether oxygens (including phenoxy) is 1. The van der Waals surface area contributed by atoms with Gasteiger partial charge in [0.25, 0.3) is 0 Å². The normalized spacial score (nSPS) is 10.8. The number of anilines is 1. The maximum atomic E-state index is 11.8. The van der Waals surface area contributed by atoms with Gasteiger partial charge in [-0.2, -0.15) is 0 Å². The molecule has 2 N–H and O–H groups in total. The number of carbonyl (C=O) groups is 1. The first-order chi connectivity index (χ1) is 12.2. The second-order valence-electron chi connectivity index (χ2n) is 7.00. The molecule has 1 aromatic carbocycles. The van der Waals surface area contributed by atoms with Crippen LogP contribution in [0.3, 0.4) is 0 Å². The van der Waals surface area contributed by atoms with Gasteiger partial charge in [0.2, 0.25) is 0 Å². The number of carbonyl (C=O) groups excluding carboxylic acids is 1. The van der Waals surface area contributed by atoms with Gasteiger partial charge in [-0.25, -0.2) is 0 Å². The van der Waals surface area contributed by atoms with Gasteiger partial charge in [0, 0.05) is 6.42 Å². The zero-order valence-corrected chi connectivity index (χ0v) is 16.1. The Morgan fingerprint density at radius 3 is 1.80 bits per heavy atom. The van der Waals surface area contributed by atoms with Gasteiger partial charge in [-0.15, -0.1) is 0 Å². The molecule has 0 saturated carbocycles. The van der Waals surface area contributed by atoms with E-state index in [-0.39, 0.29) is 5.97 Å². The van der Waals surface area contributed by atoms with E-state index in [1.54, 1.807) is 12.1 Å². The van der Waals surface area contributed by atoms with Crippen LogP contribution in [0.2, 0.25) is 0 Å². The van der Waals surface area contributed by atoms with Crippen LogP contribution in [-0.4, -0.2) is 5.97 Å². The van der Waals surface area contributed by atoms with Crippen LogP contribution in [0.4, 0.5) is 5.69 Å². The molecular formula is C22H37NO2. The third-order valence-corrected chi connectivity index (χ3v) is 4.63. The lowest BCUT2D eigenvalue weighted by Gasteiger charge is -2.06. The Kier molecular flexibility index (Phi) is 12.7. The minimum atomic E-state index is -0.180. The fraction of sp³-hybridized carbons (Fsp3) is 0.682. The third kappa shape index (κ3) is 11.6. The Bertz CT molecular complexity index is 459. The smallest absolute Gasteiger partial charge is 0.311 e. The summed E-state index contributed by atoms with van der Waals surface area (Å²) in [4.78, 5) is 11.8. The first-order valence-electron chi connectivity index (χ1n) is 10.3. The number of benzene rings is 1. The molecule has 0 fully saturated rings. The van der Waals surface area contributed by atoms with Crippen molar-refractivity contribution in [2.45, 2.75) is 96.8 Å². The molecule has 0 aliphatic heterocycles. The molecule has 0 heterocycles. The van der Waals surface area contributed by atoms with Crippen LogP contribution in [0, 0.1) is 0 Å². The van der Waals surface area contributed by atoms with Crippen LogP contribution < -0.4 is 10.5 Å². The topological polar surface area (TPSA) is 52.3 Å². The molecule has 1 rings (SSSR count). The van der Waals surface area contributed by atoms with Gasteiger partial charge in [-0.05, 0) is 18.6 Å². The predicted molar refractivity (Wildman–Crippen MR) is 107 cm³/mol. The number of nitrogens with two attached hydrogens (primary N) is 1. The van der Waals surface area contributed by atoms with Gasteiger partial charge < -0.3 is 10.5 Å². The minimum absolute atomic E-state index is 0.180. The summed E-state index contributed by atoms with van der Waals surface area (Å²) in [6.45, 7) is 2.27. The molecule has 0 aliphatic carbocycles. The van der Waals surface area contributed by atoms with Gasteiger partial charge in [0.15, 0.2) is 5.75 Å². The lowest BCUT2D eigenvalue weighted by Crippen LogP contribution is -2.08. The summed E-state index contributed by atoms with van der Waals surface area (Å²) in [7, 11) is 0. The molecule has 0 aliphatic rings. The Hall–Kier alpha value is -1.51. The zero-order chi connectivity index (χ0) is 18.2.